The number of fused-ring (bicyclic) bond motifs is 1. The van der Waals surface area contributed by atoms with Crippen molar-refractivity contribution in [1.29, 1.82) is 0 Å². The lowest BCUT2D eigenvalue weighted by molar-refractivity contribution is 0.246. The van der Waals surface area contributed by atoms with E-state index >= 15 is 0 Å². The summed E-state index contributed by atoms with van der Waals surface area (Å²) >= 11 is 0. The van der Waals surface area contributed by atoms with Crippen LogP contribution in [0.5, 0.6) is 0 Å². The second kappa shape index (κ2) is 5.72. The van der Waals surface area contributed by atoms with Crippen LogP contribution >= 0.6 is 0 Å². The minimum Gasteiger partial charge on any atom is -0.334 e. The molecule has 104 valence electrons. The summed E-state index contributed by atoms with van der Waals surface area (Å²) in [4.78, 5) is 13.2. The zero-order chi connectivity index (χ0) is 14.7. The highest BCUT2D eigenvalue weighted by Gasteiger charge is 2.19. The maximum absolute atomic E-state index is 11.6. The largest absolute Gasteiger partial charge is 0.334 e. The van der Waals surface area contributed by atoms with Gasteiger partial charge >= 0.3 is 6.03 Å². The van der Waals surface area contributed by atoms with Crippen LogP contribution in [-0.2, 0) is 13.0 Å². The molecular formula is C18H16N2O. The number of hydrogen-bond acceptors (Lipinski definition) is 1. The number of amides is 2. The van der Waals surface area contributed by atoms with Crippen molar-refractivity contribution in [2.24, 2.45) is 0 Å². The molecule has 3 nitrogen and oxygen atoms in total. The predicted molar refractivity (Wildman–Crippen MR) is 84.1 cm³/mol. The van der Waals surface area contributed by atoms with Gasteiger partial charge in [-0.25, -0.2) is 4.79 Å². The van der Waals surface area contributed by atoms with Crippen molar-refractivity contribution in [3.05, 3.63) is 65.2 Å². The standard InChI is InChI=1S/C18H16N2O/c1-20-17-11-10-15(12-16(17)13-19-18(20)21)9-5-8-14-6-3-2-4-7-14/h2-4,6-7,10-12H,8,13H2,1H3,(H,19,21). The van der Waals surface area contributed by atoms with Gasteiger partial charge in [-0.2, -0.15) is 0 Å². The van der Waals surface area contributed by atoms with E-state index in [9.17, 15) is 4.79 Å². The molecule has 0 atom stereocenters. The summed E-state index contributed by atoms with van der Waals surface area (Å²) in [6.07, 6.45) is 0.745. The molecule has 21 heavy (non-hydrogen) atoms. The Hall–Kier alpha value is -2.73. The fraction of sp³-hybridized carbons (Fsp3) is 0.167. The van der Waals surface area contributed by atoms with Gasteiger partial charge in [0.05, 0.1) is 5.69 Å². The molecule has 0 bridgehead atoms. The average molecular weight is 276 g/mol. The lowest BCUT2D eigenvalue weighted by atomic mass is 10.1. The summed E-state index contributed by atoms with van der Waals surface area (Å²) in [6.45, 7) is 0.562. The third-order valence-corrected chi connectivity index (χ3v) is 3.54. The summed E-state index contributed by atoms with van der Waals surface area (Å²) in [5, 5.41) is 2.84. The van der Waals surface area contributed by atoms with E-state index in [1.165, 1.54) is 5.56 Å². The molecule has 2 aromatic rings. The minimum absolute atomic E-state index is 0.0644. The van der Waals surface area contributed by atoms with Crippen LogP contribution in [-0.4, -0.2) is 13.1 Å². The number of carbonyl (C=O) groups excluding carboxylic acids is 1. The van der Waals surface area contributed by atoms with Crippen LogP contribution < -0.4 is 10.2 Å². The summed E-state index contributed by atoms with van der Waals surface area (Å²) in [7, 11) is 1.77. The van der Waals surface area contributed by atoms with Crippen LogP contribution in [0.3, 0.4) is 0 Å². The van der Waals surface area contributed by atoms with E-state index in [4.69, 9.17) is 0 Å². The molecule has 3 heteroatoms. The molecule has 1 aliphatic heterocycles. The molecule has 0 spiro atoms. The van der Waals surface area contributed by atoms with E-state index in [1.807, 2.05) is 36.4 Å². The van der Waals surface area contributed by atoms with Gasteiger partial charge in [0.25, 0.3) is 0 Å². The molecule has 0 aliphatic carbocycles. The number of nitrogens with zero attached hydrogens (tertiary/aromatic N) is 1. The molecule has 0 unspecified atom stereocenters. The van der Waals surface area contributed by atoms with E-state index in [0.717, 1.165) is 23.2 Å². The highest BCUT2D eigenvalue weighted by atomic mass is 16.2. The molecule has 2 aromatic carbocycles. The van der Waals surface area contributed by atoms with Crippen molar-refractivity contribution in [3.8, 4) is 11.8 Å². The Kier molecular flexibility index (Phi) is 3.61. The van der Waals surface area contributed by atoms with Gasteiger partial charge in [-0.3, -0.25) is 4.90 Å². The molecule has 2 amide bonds. The minimum atomic E-state index is -0.0644. The number of hydrogen-bond donors (Lipinski definition) is 1. The van der Waals surface area contributed by atoms with Crippen LogP contribution in [0.2, 0.25) is 0 Å². The van der Waals surface area contributed by atoms with Crippen LogP contribution in [0.15, 0.2) is 48.5 Å². The highest BCUT2D eigenvalue weighted by molar-refractivity contribution is 5.94. The third kappa shape index (κ3) is 2.90. The van der Waals surface area contributed by atoms with E-state index in [2.05, 4.69) is 29.3 Å². The smallest absolute Gasteiger partial charge is 0.321 e. The van der Waals surface area contributed by atoms with Crippen LogP contribution in [0.4, 0.5) is 10.5 Å². The Balaban J connectivity index is 1.78. The molecule has 1 N–H and O–H groups in total. The SMILES string of the molecule is CN1C(=O)NCc2cc(C#CCc3ccccc3)ccc21. The van der Waals surface area contributed by atoms with Crippen molar-refractivity contribution in [1.82, 2.24) is 5.32 Å². The molecule has 0 saturated carbocycles. The van der Waals surface area contributed by atoms with Gasteiger partial charge in [0.1, 0.15) is 0 Å². The zero-order valence-corrected chi connectivity index (χ0v) is 11.9. The highest BCUT2D eigenvalue weighted by Crippen LogP contribution is 2.24. The molecule has 1 aliphatic rings. The molecule has 0 fully saturated rings. The number of carbonyl (C=O) groups is 1. The normalized spacial score (nSPS) is 13.0. The summed E-state index contributed by atoms with van der Waals surface area (Å²) in [5.41, 5.74) is 4.25. The van der Waals surface area contributed by atoms with Gasteiger partial charge in [-0.05, 0) is 29.3 Å². The van der Waals surface area contributed by atoms with Gasteiger partial charge < -0.3 is 5.32 Å². The Morgan fingerprint density at radius 3 is 2.81 bits per heavy atom. The zero-order valence-electron chi connectivity index (χ0n) is 11.9. The van der Waals surface area contributed by atoms with Gasteiger partial charge in [0.15, 0.2) is 0 Å². The fourth-order valence-corrected chi connectivity index (χ4v) is 2.38. The van der Waals surface area contributed by atoms with E-state index in [0.29, 0.717) is 6.54 Å². The van der Waals surface area contributed by atoms with Crippen molar-refractivity contribution in [2.75, 3.05) is 11.9 Å². The second-order valence-corrected chi connectivity index (χ2v) is 5.03. The van der Waals surface area contributed by atoms with Gasteiger partial charge in [0.2, 0.25) is 0 Å². The van der Waals surface area contributed by atoms with E-state index in [1.54, 1.807) is 11.9 Å². The molecular weight excluding hydrogens is 260 g/mol. The fourth-order valence-electron chi connectivity index (χ4n) is 2.38. The summed E-state index contributed by atoms with van der Waals surface area (Å²) in [5.74, 6) is 6.38. The first kappa shape index (κ1) is 13.3. The Bertz CT molecular complexity index is 726. The van der Waals surface area contributed by atoms with Crippen LogP contribution in [0.1, 0.15) is 16.7 Å². The van der Waals surface area contributed by atoms with E-state index < -0.39 is 0 Å². The lowest BCUT2D eigenvalue weighted by Gasteiger charge is -2.26. The van der Waals surface area contributed by atoms with Crippen LogP contribution in [0.25, 0.3) is 0 Å². The van der Waals surface area contributed by atoms with Crippen LogP contribution in [0, 0.1) is 11.8 Å². The first-order valence-electron chi connectivity index (χ1n) is 6.91. The lowest BCUT2D eigenvalue weighted by Crippen LogP contribution is -2.41. The first-order valence-corrected chi connectivity index (χ1v) is 6.91. The molecule has 0 saturated heterocycles. The molecule has 0 radical (unpaired) electrons. The molecule has 0 aromatic heterocycles. The monoisotopic (exact) mass is 276 g/mol. The molecule has 3 rings (SSSR count). The van der Waals surface area contributed by atoms with Crippen molar-refractivity contribution < 1.29 is 4.79 Å². The Morgan fingerprint density at radius 2 is 2.00 bits per heavy atom. The first-order chi connectivity index (χ1) is 10.2. The number of urea groups is 1. The quantitative estimate of drug-likeness (QED) is 0.798. The van der Waals surface area contributed by atoms with Gasteiger partial charge in [-0.15, -0.1) is 0 Å². The van der Waals surface area contributed by atoms with Gasteiger partial charge in [0, 0.05) is 25.6 Å². The number of anilines is 1. The molecule has 1 heterocycles. The number of benzene rings is 2. The summed E-state index contributed by atoms with van der Waals surface area (Å²) in [6, 6.07) is 16.1. The van der Waals surface area contributed by atoms with E-state index in [-0.39, 0.29) is 6.03 Å². The second-order valence-electron chi connectivity index (χ2n) is 5.03. The number of rotatable bonds is 1. The predicted octanol–water partition coefficient (Wildman–Crippen LogP) is 2.94. The third-order valence-electron chi connectivity index (χ3n) is 3.54. The number of nitrogens with one attached hydrogen (secondary N) is 1. The van der Waals surface area contributed by atoms with Crippen molar-refractivity contribution >= 4 is 11.7 Å². The maximum Gasteiger partial charge on any atom is 0.321 e. The van der Waals surface area contributed by atoms with Crippen molar-refractivity contribution in [3.63, 3.8) is 0 Å². The van der Waals surface area contributed by atoms with Gasteiger partial charge in [-0.1, -0.05) is 42.2 Å². The average Bonchev–Trinajstić information content (AvgIpc) is 2.52. The summed E-state index contributed by atoms with van der Waals surface area (Å²) < 4.78 is 0. The maximum atomic E-state index is 11.6. The van der Waals surface area contributed by atoms with Crippen molar-refractivity contribution in [2.45, 2.75) is 13.0 Å². The Labute approximate surface area is 124 Å². The topological polar surface area (TPSA) is 32.3 Å². The Morgan fingerprint density at radius 1 is 1.19 bits per heavy atom.